The van der Waals surface area contributed by atoms with Gasteiger partial charge in [0.1, 0.15) is 11.6 Å². The van der Waals surface area contributed by atoms with Gasteiger partial charge in [-0.3, -0.25) is 9.69 Å². The van der Waals surface area contributed by atoms with E-state index < -0.39 is 11.7 Å². The van der Waals surface area contributed by atoms with Crippen molar-refractivity contribution in [3.63, 3.8) is 0 Å². The van der Waals surface area contributed by atoms with Crippen LogP contribution in [0.4, 0.5) is 0 Å². The van der Waals surface area contributed by atoms with Crippen LogP contribution in [0.2, 0.25) is 0 Å². The average molecular weight is 372 g/mol. The van der Waals surface area contributed by atoms with Crippen LogP contribution in [-0.4, -0.2) is 64.7 Å². The van der Waals surface area contributed by atoms with Gasteiger partial charge in [0.25, 0.3) is 5.56 Å². The van der Waals surface area contributed by atoms with Crippen molar-refractivity contribution >= 4 is 11.8 Å². The van der Waals surface area contributed by atoms with Gasteiger partial charge in [-0.1, -0.05) is 42.1 Å². The van der Waals surface area contributed by atoms with Gasteiger partial charge in [-0.05, 0) is 0 Å². The monoisotopic (exact) mass is 372 g/mol. The molecule has 26 heavy (non-hydrogen) atoms. The molecule has 1 aliphatic rings. The molecule has 0 spiro atoms. The molecule has 1 aromatic heterocycles. The molecule has 0 saturated carbocycles. The Morgan fingerprint density at radius 1 is 1.35 bits per heavy atom. The topological polar surface area (TPSA) is 102 Å². The van der Waals surface area contributed by atoms with Crippen molar-refractivity contribution in [2.75, 3.05) is 38.6 Å². The fourth-order valence-corrected chi connectivity index (χ4v) is 3.52. The van der Waals surface area contributed by atoms with Crippen LogP contribution in [0.3, 0.4) is 0 Å². The van der Waals surface area contributed by atoms with E-state index in [0.717, 1.165) is 13.1 Å². The molecule has 1 saturated heterocycles. The first-order valence-electron chi connectivity index (χ1n) is 8.38. The Bertz CT molecular complexity index is 829. The Kier molecular flexibility index (Phi) is 6.41. The molecule has 3 rings (SSSR count). The molecule has 1 unspecified atom stereocenters. The number of aromatic amines is 1. The highest BCUT2D eigenvalue weighted by molar-refractivity contribution is 7.99. The van der Waals surface area contributed by atoms with Crippen LogP contribution in [0, 0.1) is 11.3 Å². The van der Waals surface area contributed by atoms with E-state index in [4.69, 9.17) is 4.74 Å². The maximum absolute atomic E-state index is 12.2. The number of ether oxygens (including phenoxy) is 1. The van der Waals surface area contributed by atoms with E-state index in [1.165, 1.54) is 11.8 Å². The van der Waals surface area contributed by atoms with E-state index in [-0.39, 0.29) is 5.56 Å². The molecule has 1 aliphatic heterocycles. The van der Waals surface area contributed by atoms with E-state index in [1.807, 2.05) is 36.4 Å². The number of H-pyrrole nitrogens is 1. The zero-order valence-electron chi connectivity index (χ0n) is 14.2. The SMILES string of the molecule is N#Cc1c(-c2ccccc2)nc(SCC(O)CN2CCOCC2)[nH]c1=O. The lowest BCUT2D eigenvalue weighted by Gasteiger charge is -2.28. The minimum absolute atomic E-state index is 0.00517. The number of thioether (sulfide) groups is 1. The van der Waals surface area contributed by atoms with Crippen molar-refractivity contribution in [3.8, 4) is 17.3 Å². The van der Waals surface area contributed by atoms with Crippen molar-refractivity contribution < 1.29 is 9.84 Å². The third-order valence-corrected chi connectivity index (χ3v) is 5.06. The van der Waals surface area contributed by atoms with Gasteiger partial charge in [-0.2, -0.15) is 5.26 Å². The van der Waals surface area contributed by atoms with E-state index in [9.17, 15) is 15.2 Å². The van der Waals surface area contributed by atoms with E-state index in [0.29, 0.717) is 41.9 Å². The summed E-state index contributed by atoms with van der Waals surface area (Å²) in [5, 5.41) is 19.9. The van der Waals surface area contributed by atoms with Crippen LogP contribution in [0.15, 0.2) is 40.3 Å². The third kappa shape index (κ3) is 4.71. The molecule has 1 atom stereocenters. The number of morpholine rings is 1. The first-order valence-corrected chi connectivity index (χ1v) is 9.36. The fourth-order valence-electron chi connectivity index (χ4n) is 2.74. The van der Waals surface area contributed by atoms with Crippen LogP contribution in [0.5, 0.6) is 0 Å². The third-order valence-electron chi connectivity index (χ3n) is 4.04. The summed E-state index contributed by atoms with van der Waals surface area (Å²) in [6, 6.07) is 11.1. The number of aliphatic hydroxyl groups is 1. The lowest BCUT2D eigenvalue weighted by atomic mass is 10.1. The van der Waals surface area contributed by atoms with Gasteiger partial charge >= 0.3 is 0 Å². The zero-order valence-corrected chi connectivity index (χ0v) is 15.0. The quantitative estimate of drug-likeness (QED) is 0.578. The maximum Gasteiger partial charge on any atom is 0.270 e. The molecular weight excluding hydrogens is 352 g/mol. The molecule has 1 aromatic carbocycles. The Hall–Kier alpha value is -2.18. The van der Waals surface area contributed by atoms with Crippen LogP contribution < -0.4 is 5.56 Å². The molecule has 7 nitrogen and oxygen atoms in total. The van der Waals surface area contributed by atoms with Crippen molar-refractivity contribution in [2.24, 2.45) is 0 Å². The summed E-state index contributed by atoms with van der Waals surface area (Å²) in [5.41, 5.74) is 0.605. The van der Waals surface area contributed by atoms with E-state index in [1.54, 1.807) is 0 Å². The zero-order chi connectivity index (χ0) is 18.4. The molecule has 0 radical (unpaired) electrons. The largest absolute Gasteiger partial charge is 0.391 e. The highest BCUT2D eigenvalue weighted by atomic mass is 32.2. The lowest BCUT2D eigenvalue weighted by Crippen LogP contribution is -2.41. The molecule has 8 heteroatoms. The molecule has 136 valence electrons. The first-order chi connectivity index (χ1) is 12.7. The van der Waals surface area contributed by atoms with Crippen molar-refractivity contribution in [3.05, 3.63) is 46.2 Å². The number of hydrogen-bond acceptors (Lipinski definition) is 7. The van der Waals surface area contributed by atoms with Crippen LogP contribution in [0.25, 0.3) is 11.3 Å². The van der Waals surface area contributed by atoms with E-state index in [2.05, 4.69) is 14.9 Å². The van der Waals surface area contributed by atoms with Crippen molar-refractivity contribution in [2.45, 2.75) is 11.3 Å². The smallest absolute Gasteiger partial charge is 0.270 e. The number of nitrogens with zero attached hydrogens (tertiary/aromatic N) is 3. The van der Waals surface area contributed by atoms with E-state index >= 15 is 0 Å². The minimum atomic E-state index is -0.542. The maximum atomic E-state index is 12.2. The number of aromatic nitrogens is 2. The summed E-state index contributed by atoms with van der Waals surface area (Å²) in [4.78, 5) is 21.4. The van der Waals surface area contributed by atoms with Gasteiger partial charge in [-0.15, -0.1) is 0 Å². The molecule has 1 fully saturated rings. The number of nitrogens with one attached hydrogen (secondary N) is 1. The van der Waals surface area contributed by atoms with Gasteiger partial charge in [0, 0.05) is 31.0 Å². The summed E-state index contributed by atoms with van der Waals surface area (Å²) in [5.74, 6) is 0.403. The number of rotatable bonds is 6. The Morgan fingerprint density at radius 2 is 2.08 bits per heavy atom. The van der Waals surface area contributed by atoms with Crippen LogP contribution >= 0.6 is 11.8 Å². The summed E-state index contributed by atoms with van der Waals surface area (Å²) < 4.78 is 5.30. The van der Waals surface area contributed by atoms with Gasteiger partial charge in [-0.25, -0.2) is 4.98 Å². The number of hydrogen-bond donors (Lipinski definition) is 2. The van der Waals surface area contributed by atoms with Crippen molar-refractivity contribution in [1.29, 1.82) is 5.26 Å². The first kappa shape index (κ1) is 18.6. The lowest BCUT2D eigenvalue weighted by molar-refractivity contribution is 0.0188. The summed E-state index contributed by atoms with van der Waals surface area (Å²) in [7, 11) is 0. The Labute approximate surface area is 155 Å². The standard InChI is InChI=1S/C18H20N4O3S/c19-10-15-16(13-4-2-1-3-5-13)20-18(21-17(15)24)26-12-14(23)11-22-6-8-25-9-7-22/h1-5,14,23H,6-9,11-12H2,(H,20,21,24). The Balaban J connectivity index is 1.71. The highest BCUT2D eigenvalue weighted by Crippen LogP contribution is 2.22. The number of β-amino-alcohol motifs (C(OH)–C–C–N with tert-alkyl or cyclic N) is 1. The molecule has 2 aromatic rings. The molecule has 0 bridgehead atoms. The molecule has 0 amide bonds. The number of aliphatic hydroxyl groups excluding tert-OH is 1. The summed E-state index contributed by atoms with van der Waals surface area (Å²) in [6.45, 7) is 3.55. The predicted molar refractivity (Wildman–Crippen MR) is 99.0 cm³/mol. The fraction of sp³-hybridized carbons (Fsp3) is 0.389. The minimum Gasteiger partial charge on any atom is -0.391 e. The normalized spacial score (nSPS) is 16.2. The molecule has 2 N–H and O–H groups in total. The summed E-state index contributed by atoms with van der Waals surface area (Å²) >= 11 is 1.28. The van der Waals surface area contributed by atoms with Gasteiger partial charge in [0.2, 0.25) is 0 Å². The molecule has 2 heterocycles. The van der Waals surface area contributed by atoms with Crippen LogP contribution in [-0.2, 0) is 4.74 Å². The molecule has 0 aliphatic carbocycles. The second kappa shape index (κ2) is 8.96. The number of nitriles is 1. The Morgan fingerprint density at radius 3 is 2.77 bits per heavy atom. The van der Waals surface area contributed by atoms with Gasteiger partial charge in [0.05, 0.1) is 25.0 Å². The molecular formula is C18H20N4O3S. The average Bonchev–Trinajstić information content (AvgIpc) is 2.67. The van der Waals surface area contributed by atoms with Gasteiger partial charge < -0.3 is 14.8 Å². The second-order valence-corrected chi connectivity index (χ2v) is 6.96. The summed E-state index contributed by atoms with van der Waals surface area (Å²) in [6.07, 6.45) is -0.542. The second-order valence-electron chi connectivity index (χ2n) is 5.95. The van der Waals surface area contributed by atoms with Crippen LogP contribution in [0.1, 0.15) is 5.56 Å². The van der Waals surface area contributed by atoms with Crippen molar-refractivity contribution in [1.82, 2.24) is 14.9 Å². The number of benzene rings is 1. The predicted octanol–water partition coefficient (Wildman–Crippen LogP) is 1.09. The van der Waals surface area contributed by atoms with Gasteiger partial charge in [0.15, 0.2) is 5.16 Å². The highest BCUT2D eigenvalue weighted by Gasteiger charge is 2.17.